The molecule has 0 saturated carbocycles. The summed E-state index contributed by atoms with van der Waals surface area (Å²) in [6.45, 7) is 0. The Morgan fingerprint density at radius 3 is 2.88 bits per heavy atom. The van der Waals surface area contributed by atoms with E-state index in [9.17, 15) is 4.79 Å². The summed E-state index contributed by atoms with van der Waals surface area (Å²) < 4.78 is 5.36. The van der Waals surface area contributed by atoms with Gasteiger partial charge in [0.1, 0.15) is 5.75 Å². The van der Waals surface area contributed by atoms with E-state index in [0.29, 0.717) is 6.42 Å². The SMILES string of the molecule is COc1ccc2[nH]c3c(c2c1)CCC[C@@H]3NC(=O)Cc1ccccc1. The lowest BCUT2D eigenvalue weighted by atomic mass is 9.91. The van der Waals surface area contributed by atoms with Gasteiger partial charge in [0.05, 0.1) is 19.6 Å². The molecule has 0 aliphatic heterocycles. The molecule has 4 rings (SSSR count). The molecule has 128 valence electrons. The minimum Gasteiger partial charge on any atom is -0.497 e. The molecule has 3 aromatic rings. The number of benzene rings is 2. The number of aryl methyl sites for hydroxylation is 1. The Balaban J connectivity index is 1.58. The van der Waals surface area contributed by atoms with Gasteiger partial charge in [-0.05, 0) is 48.6 Å². The normalized spacial score (nSPS) is 16.4. The second kappa shape index (κ2) is 6.63. The number of nitrogens with one attached hydrogen (secondary N) is 2. The number of rotatable bonds is 4. The quantitative estimate of drug-likeness (QED) is 0.760. The number of ether oxygens (including phenoxy) is 1. The summed E-state index contributed by atoms with van der Waals surface area (Å²) in [5.41, 5.74) is 4.61. The lowest BCUT2D eigenvalue weighted by Gasteiger charge is -2.24. The smallest absolute Gasteiger partial charge is 0.224 e. The van der Waals surface area contributed by atoms with E-state index in [1.807, 2.05) is 36.4 Å². The second-order valence-electron chi connectivity index (χ2n) is 6.60. The molecule has 1 aromatic heterocycles. The van der Waals surface area contributed by atoms with Crippen LogP contribution >= 0.6 is 0 Å². The monoisotopic (exact) mass is 334 g/mol. The molecule has 1 aliphatic rings. The number of hydrogen-bond donors (Lipinski definition) is 2. The number of aromatic amines is 1. The first-order chi connectivity index (χ1) is 12.2. The zero-order valence-corrected chi connectivity index (χ0v) is 14.3. The van der Waals surface area contributed by atoms with Gasteiger partial charge in [0.25, 0.3) is 0 Å². The van der Waals surface area contributed by atoms with Gasteiger partial charge in [-0.25, -0.2) is 0 Å². The molecule has 2 N–H and O–H groups in total. The zero-order chi connectivity index (χ0) is 17.2. The predicted octanol–water partition coefficient (Wildman–Crippen LogP) is 3.91. The molecule has 4 nitrogen and oxygen atoms in total. The van der Waals surface area contributed by atoms with Crippen molar-refractivity contribution in [3.8, 4) is 5.75 Å². The first-order valence-corrected chi connectivity index (χ1v) is 8.76. The molecule has 0 saturated heterocycles. The third kappa shape index (κ3) is 3.12. The van der Waals surface area contributed by atoms with Crippen molar-refractivity contribution in [2.75, 3.05) is 7.11 Å². The summed E-state index contributed by atoms with van der Waals surface area (Å²) in [4.78, 5) is 16.0. The summed E-state index contributed by atoms with van der Waals surface area (Å²) in [5, 5.41) is 4.42. The van der Waals surface area contributed by atoms with E-state index in [1.165, 1.54) is 10.9 Å². The number of H-pyrrole nitrogens is 1. The van der Waals surface area contributed by atoms with Crippen LogP contribution < -0.4 is 10.1 Å². The summed E-state index contributed by atoms with van der Waals surface area (Å²) in [6.07, 6.45) is 3.50. The highest BCUT2D eigenvalue weighted by atomic mass is 16.5. The molecule has 0 spiro atoms. The Morgan fingerprint density at radius 1 is 1.24 bits per heavy atom. The van der Waals surface area contributed by atoms with Crippen LogP contribution in [0.25, 0.3) is 10.9 Å². The first kappa shape index (κ1) is 15.8. The Labute approximate surface area is 147 Å². The van der Waals surface area contributed by atoms with Crippen LogP contribution in [0.3, 0.4) is 0 Å². The van der Waals surface area contributed by atoms with Gasteiger partial charge in [0, 0.05) is 16.6 Å². The highest BCUT2D eigenvalue weighted by Gasteiger charge is 2.25. The van der Waals surface area contributed by atoms with E-state index in [-0.39, 0.29) is 11.9 Å². The Kier molecular flexibility index (Phi) is 4.18. The number of amides is 1. The predicted molar refractivity (Wildman–Crippen MR) is 98.8 cm³/mol. The Morgan fingerprint density at radius 2 is 2.08 bits per heavy atom. The van der Waals surface area contributed by atoms with Gasteiger partial charge in [-0.1, -0.05) is 30.3 Å². The van der Waals surface area contributed by atoms with Crippen molar-refractivity contribution in [3.63, 3.8) is 0 Å². The maximum Gasteiger partial charge on any atom is 0.224 e. The lowest BCUT2D eigenvalue weighted by Crippen LogP contribution is -2.32. The van der Waals surface area contributed by atoms with Crippen LogP contribution in [0.1, 0.15) is 35.7 Å². The van der Waals surface area contributed by atoms with E-state index < -0.39 is 0 Å². The van der Waals surface area contributed by atoms with Crippen molar-refractivity contribution >= 4 is 16.8 Å². The van der Waals surface area contributed by atoms with Gasteiger partial charge in [-0.15, -0.1) is 0 Å². The fourth-order valence-corrected chi connectivity index (χ4v) is 3.74. The third-order valence-corrected chi connectivity index (χ3v) is 4.96. The van der Waals surface area contributed by atoms with Crippen LogP contribution in [0.5, 0.6) is 5.75 Å². The zero-order valence-electron chi connectivity index (χ0n) is 14.3. The van der Waals surface area contributed by atoms with E-state index in [4.69, 9.17) is 4.74 Å². The summed E-state index contributed by atoms with van der Waals surface area (Å²) >= 11 is 0. The van der Waals surface area contributed by atoms with E-state index in [0.717, 1.165) is 41.8 Å². The van der Waals surface area contributed by atoms with Gasteiger partial charge in [-0.2, -0.15) is 0 Å². The molecule has 0 radical (unpaired) electrons. The molecule has 0 bridgehead atoms. The Hall–Kier alpha value is -2.75. The van der Waals surface area contributed by atoms with E-state index >= 15 is 0 Å². The van der Waals surface area contributed by atoms with Crippen LogP contribution in [-0.4, -0.2) is 18.0 Å². The molecule has 0 fully saturated rings. The lowest BCUT2D eigenvalue weighted by molar-refractivity contribution is -0.121. The minimum absolute atomic E-state index is 0.0540. The molecule has 1 amide bonds. The minimum atomic E-state index is 0.0540. The van der Waals surface area contributed by atoms with Crippen LogP contribution in [-0.2, 0) is 17.6 Å². The summed E-state index contributed by atoms with van der Waals surface area (Å²) in [6, 6.07) is 16.0. The van der Waals surface area contributed by atoms with Crippen molar-refractivity contribution in [1.82, 2.24) is 10.3 Å². The van der Waals surface area contributed by atoms with Crippen LogP contribution in [0.2, 0.25) is 0 Å². The molecule has 1 aliphatic carbocycles. The maximum atomic E-state index is 12.5. The van der Waals surface area contributed by atoms with Gasteiger partial charge in [-0.3, -0.25) is 4.79 Å². The first-order valence-electron chi connectivity index (χ1n) is 8.76. The number of carbonyl (C=O) groups excluding carboxylic acids is 1. The topological polar surface area (TPSA) is 54.1 Å². The molecule has 1 heterocycles. The van der Waals surface area contributed by atoms with E-state index in [1.54, 1.807) is 7.11 Å². The standard InChI is InChI=1S/C21H22N2O2/c1-25-15-10-11-18-17(13-15)16-8-5-9-19(21(16)23-18)22-20(24)12-14-6-3-2-4-7-14/h2-4,6-7,10-11,13,19,23H,5,8-9,12H2,1H3,(H,22,24)/t19-/m0/s1. The molecule has 2 aromatic carbocycles. The third-order valence-electron chi connectivity index (χ3n) is 4.96. The average Bonchev–Trinajstić information content (AvgIpc) is 3.01. The highest BCUT2D eigenvalue weighted by Crippen LogP contribution is 2.36. The molecule has 0 unspecified atom stereocenters. The molecule has 25 heavy (non-hydrogen) atoms. The van der Waals surface area contributed by atoms with Crippen molar-refractivity contribution < 1.29 is 9.53 Å². The van der Waals surface area contributed by atoms with Crippen molar-refractivity contribution in [2.45, 2.75) is 31.7 Å². The molecular weight excluding hydrogens is 312 g/mol. The van der Waals surface area contributed by atoms with Crippen molar-refractivity contribution in [2.24, 2.45) is 0 Å². The van der Waals surface area contributed by atoms with Crippen molar-refractivity contribution in [1.29, 1.82) is 0 Å². The summed E-state index contributed by atoms with van der Waals surface area (Å²) in [5.74, 6) is 0.935. The second-order valence-corrected chi connectivity index (χ2v) is 6.60. The maximum absolute atomic E-state index is 12.5. The van der Waals surface area contributed by atoms with Gasteiger partial charge in [0.15, 0.2) is 0 Å². The number of carbonyl (C=O) groups is 1. The molecular formula is C21H22N2O2. The van der Waals surface area contributed by atoms with Gasteiger partial charge >= 0.3 is 0 Å². The summed E-state index contributed by atoms with van der Waals surface area (Å²) in [7, 11) is 1.69. The number of aromatic nitrogens is 1. The number of methoxy groups -OCH3 is 1. The number of fused-ring (bicyclic) bond motifs is 3. The van der Waals surface area contributed by atoms with E-state index in [2.05, 4.69) is 22.4 Å². The Bertz CT molecular complexity index is 899. The molecule has 4 heteroatoms. The fraction of sp³-hybridized carbons (Fsp3) is 0.286. The number of hydrogen-bond acceptors (Lipinski definition) is 2. The average molecular weight is 334 g/mol. The molecule has 1 atom stereocenters. The highest BCUT2D eigenvalue weighted by molar-refractivity contribution is 5.87. The largest absolute Gasteiger partial charge is 0.497 e. The van der Waals surface area contributed by atoms with Gasteiger partial charge < -0.3 is 15.0 Å². The van der Waals surface area contributed by atoms with Crippen molar-refractivity contribution in [3.05, 3.63) is 65.4 Å². The van der Waals surface area contributed by atoms with Gasteiger partial charge in [0.2, 0.25) is 5.91 Å². The van der Waals surface area contributed by atoms with Crippen LogP contribution in [0, 0.1) is 0 Å². The van der Waals surface area contributed by atoms with Crippen LogP contribution in [0.4, 0.5) is 0 Å². The fourth-order valence-electron chi connectivity index (χ4n) is 3.74. The van der Waals surface area contributed by atoms with Crippen LogP contribution in [0.15, 0.2) is 48.5 Å².